The van der Waals surface area contributed by atoms with E-state index >= 15 is 0 Å². The predicted octanol–water partition coefficient (Wildman–Crippen LogP) is 3.66. The Morgan fingerprint density at radius 1 is 1.28 bits per heavy atom. The van der Waals surface area contributed by atoms with Crippen LogP contribution in [0.25, 0.3) is 11.3 Å². The van der Waals surface area contributed by atoms with Crippen LogP contribution in [-0.4, -0.2) is 16.1 Å². The molecule has 18 heavy (non-hydrogen) atoms. The molecular weight excluding hydrogens is 244 g/mol. The summed E-state index contributed by atoms with van der Waals surface area (Å²) in [5, 5.41) is 0. The van der Waals surface area contributed by atoms with E-state index in [-0.39, 0.29) is 0 Å². The van der Waals surface area contributed by atoms with Gasteiger partial charge in [0.15, 0.2) is 0 Å². The van der Waals surface area contributed by atoms with Crippen molar-refractivity contribution in [2.24, 2.45) is 0 Å². The molecule has 0 bridgehead atoms. The highest BCUT2D eigenvalue weighted by Gasteiger charge is 2.23. The summed E-state index contributed by atoms with van der Waals surface area (Å²) in [6.45, 7) is 1.91. The van der Waals surface area contributed by atoms with Crippen molar-refractivity contribution in [1.29, 1.82) is 0 Å². The van der Waals surface area contributed by atoms with Gasteiger partial charge in [0.25, 0.3) is 0 Å². The molecular formula is C14H14N2OS. The average Bonchev–Trinajstić information content (AvgIpc) is 3.12. The largest absolute Gasteiger partial charge is 0.490 e. The van der Waals surface area contributed by atoms with Crippen LogP contribution in [-0.2, 0) is 0 Å². The lowest BCUT2D eigenvalue weighted by molar-refractivity contribution is 0.303. The molecule has 1 saturated carbocycles. The molecule has 3 nitrogen and oxygen atoms in total. The zero-order valence-electron chi connectivity index (χ0n) is 10.1. The van der Waals surface area contributed by atoms with Crippen molar-refractivity contribution in [3.8, 4) is 17.0 Å². The highest BCUT2D eigenvalue weighted by Crippen LogP contribution is 2.28. The molecule has 1 aliphatic carbocycles. The van der Waals surface area contributed by atoms with Gasteiger partial charge in [0.05, 0.1) is 6.10 Å². The molecule has 1 heterocycles. The van der Waals surface area contributed by atoms with E-state index in [0.717, 1.165) is 22.8 Å². The topological polar surface area (TPSA) is 37.9 Å². The molecule has 3 rings (SSSR count). The minimum absolute atomic E-state index is 0.435. The van der Waals surface area contributed by atoms with E-state index in [2.05, 4.69) is 9.97 Å². The van der Waals surface area contributed by atoms with E-state index in [4.69, 9.17) is 17.0 Å². The normalized spacial score (nSPS) is 14.5. The molecule has 1 N–H and O–H groups in total. The fourth-order valence-corrected chi connectivity index (χ4v) is 2.08. The number of aromatic nitrogens is 2. The van der Waals surface area contributed by atoms with E-state index in [9.17, 15) is 0 Å². The molecule has 0 spiro atoms. The molecule has 1 fully saturated rings. The maximum absolute atomic E-state index is 5.72. The Morgan fingerprint density at radius 2 is 2.00 bits per heavy atom. The Balaban J connectivity index is 1.88. The van der Waals surface area contributed by atoms with Crippen LogP contribution in [0.3, 0.4) is 0 Å². The van der Waals surface area contributed by atoms with Crippen molar-refractivity contribution in [2.45, 2.75) is 25.9 Å². The molecule has 0 atom stereocenters. The predicted molar refractivity (Wildman–Crippen MR) is 73.2 cm³/mol. The number of nitrogens with zero attached hydrogens (tertiary/aromatic N) is 1. The number of aromatic amines is 1. The molecule has 0 aliphatic heterocycles. The van der Waals surface area contributed by atoms with Crippen molar-refractivity contribution in [1.82, 2.24) is 9.97 Å². The fraction of sp³-hybridized carbons (Fsp3) is 0.286. The van der Waals surface area contributed by atoms with Crippen molar-refractivity contribution in [3.05, 3.63) is 40.8 Å². The van der Waals surface area contributed by atoms with E-state index < -0.39 is 0 Å². The van der Waals surface area contributed by atoms with Gasteiger partial charge in [-0.3, -0.25) is 0 Å². The third-order valence-corrected chi connectivity index (χ3v) is 3.06. The zero-order valence-corrected chi connectivity index (χ0v) is 11.0. The van der Waals surface area contributed by atoms with Crippen LogP contribution in [0.4, 0.5) is 0 Å². The Labute approximate surface area is 111 Å². The fourth-order valence-electron chi connectivity index (χ4n) is 1.83. The third-order valence-electron chi connectivity index (χ3n) is 2.85. The zero-order chi connectivity index (χ0) is 12.5. The number of H-pyrrole nitrogens is 1. The molecule has 0 amide bonds. The van der Waals surface area contributed by atoms with Gasteiger partial charge in [0.1, 0.15) is 16.2 Å². The van der Waals surface area contributed by atoms with Gasteiger partial charge in [-0.05, 0) is 55.7 Å². The minimum Gasteiger partial charge on any atom is -0.490 e. The number of benzene rings is 1. The highest BCUT2D eigenvalue weighted by molar-refractivity contribution is 7.71. The summed E-state index contributed by atoms with van der Waals surface area (Å²) in [6, 6.07) is 9.95. The lowest BCUT2D eigenvalue weighted by atomic mass is 10.1. The second-order valence-corrected chi connectivity index (χ2v) is 4.98. The molecule has 0 saturated heterocycles. The minimum atomic E-state index is 0.435. The van der Waals surface area contributed by atoms with Gasteiger partial charge in [-0.2, -0.15) is 0 Å². The quantitative estimate of drug-likeness (QED) is 0.854. The van der Waals surface area contributed by atoms with Crippen LogP contribution in [0.2, 0.25) is 0 Å². The lowest BCUT2D eigenvalue weighted by Gasteiger charge is -2.06. The first kappa shape index (κ1) is 11.4. The van der Waals surface area contributed by atoms with Crippen molar-refractivity contribution in [3.63, 3.8) is 0 Å². The summed E-state index contributed by atoms with van der Waals surface area (Å²) in [7, 11) is 0. The van der Waals surface area contributed by atoms with Gasteiger partial charge >= 0.3 is 0 Å². The Kier molecular flexibility index (Phi) is 2.88. The van der Waals surface area contributed by atoms with E-state index in [1.807, 2.05) is 37.3 Å². The molecule has 0 unspecified atom stereocenters. The van der Waals surface area contributed by atoms with Crippen LogP contribution in [0, 0.1) is 11.6 Å². The van der Waals surface area contributed by atoms with Gasteiger partial charge in [-0.15, -0.1) is 0 Å². The van der Waals surface area contributed by atoms with E-state index in [0.29, 0.717) is 10.7 Å². The van der Waals surface area contributed by atoms with Crippen molar-refractivity contribution < 1.29 is 4.74 Å². The average molecular weight is 258 g/mol. The van der Waals surface area contributed by atoms with Gasteiger partial charge in [-0.1, -0.05) is 12.2 Å². The van der Waals surface area contributed by atoms with Crippen LogP contribution in [0.5, 0.6) is 5.75 Å². The molecule has 0 radical (unpaired) electrons. The maximum Gasteiger partial charge on any atom is 0.130 e. The second-order valence-electron chi connectivity index (χ2n) is 4.56. The number of hydrogen-bond donors (Lipinski definition) is 1. The van der Waals surface area contributed by atoms with Gasteiger partial charge in [-0.25, -0.2) is 4.98 Å². The third kappa shape index (κ3) is 2.59. The SMILES string of the molecule is Cc1nc(=S)cc(-c2ccc(OC3CC3)cc2)[nH]1. The summed E-state index contributed by atoms with van der Waals surface area (Å²) in [6.07, 6.45) is 2.79. The van der Waals surface area contributed by atoms with E-state index in [1.165, 1.54) is 12.8 Å². The molecule has 4 heteroatoms. The van der Waals surface area contributed by atoms with Gasteiger partial charge in [0, 0.05) is 5.69 Å². The Bertz CT molecular complexity index is 614. The van der Waals surface area contributed by atoms with Crippen LogP contribution >= 0.6 is 12.2 Å². The monoisotopic (exact) mass is 258 g/mol. The maximum atomic E-state index is 5.72. The van der Waals surface area contributed by atoms with Crippen LogP contribution in [0.15, 0.2) is 30.3 Å². The van der Waals surface area contributed by atoms with Gasteiger partial charge in [0.2, 0.25) is 0 Å². The molecule has 1 aliphatic rings. The molecule has 1 aromatic carbocycles. The summed E-state index contributed by atoms with van der Waals surface area (Å²) in [4.78, 5) is 7.38. The lowest BCUT2D eigenvalue weighted by Crippen LogP contribution is -1.95. The van der Waals surface area contributed by atoms with Crippen LogP contribution < -0.4 is 4.74 Å². The summed E-state index contributed by atoms with van der Waals surface area (Å²) >= 11 is 5.12. The highest BCUT2D eigenvalue weighted by atomic mass is 32.1. The van der Waals surface area contributed by atoms with Crippen molar-refractivity contribution >= 4 is 12.2 Å². The first-order valence-corrected chi connectivity index (χ1v) is 6.46. The summed E-state index contributed by atoms with van der Waals surface area (Å²) in [5.74, 6) is 1.77. The Hall–Kier alpha value is -1.68. The van der Waals surface area contributed by atoms with Gasteiger partial charge < -0.3 is 9.72 Å². The smallest absolute Gasteiger partial charge is 0.130 e. The summed E-state index contributed by atoms with van der Waals surface area (Å²) in [5.41, 5.74) is 2.08. The number of hydrogen-bond acceptors (Lipinski definition) is 3. The second kappa shape index (κ2) is 4.53. The van der Waals surface area contributed by atoms with Crippen molar-refractivity contribution in [2.75, 3.05) is 0 Å². The molecule has 1 aromatic heterocycles. The number of ether oxygens (including phenoxy) is 1. The first-order valence-electron chi connectivity index (χ1n) is 6.06. The van der Waals surface area contributed by atoms with Crippen LogP contribution in [0.1, 0.15) is 18.7 Å². The Morgan fingerprint density at radius 3 is 2.61 bits per heavy atom. The number of nitrogens with one attached hydrogen (secondary N) is 1. The molecule has 2 aromatic rings. The standard InChI is InChI=1S/C14H14N2OS/c1-9-15-13(8-14(18)16-9)10-2-4-11(5-3-10)17-12-6-7-12/h2-5,8,12H,6-7H2,1H3,(H,15,16,18). The first-order chi connectivity index (χ1) is 8.70. The summed E-state index contributed by atoms with van der Waals surface area (Å²) < 4.78 is 6.33. The molecule has 92 valence electrons. The number of aryl methyl sites for hydroxylation is 1. The number of rotatable bonds is 3. The van der Waals surface area contributed by atoms with E-state index in [1.54, 1.807) is 0 Å².